The van der Waals surface area contributed by atoms with Crippen LogP contribution in [0.5, 0.6) is 11.5 Å². The van der Waals surface area contributed by atoms with E-state index in [0.29, 0.717) is 6.07 Å². The van der Waals surface area contributed by atoms with Gasteiger partial charge >= 0.3 is 11.8 Å². The molecule has 2 aromatic rings. The molecule has 0 amide bonds. The van der Waals surface area contributed by atoms with Crippen LogP contribution in [0, 0.1) is 17.1 Å². The summed E-state index contributed by atoms with van der Waals surface area (Å²) < 4.78 is 75.8. The molecular weight excluding hydrogens is 389 g/mol. The Kier molecular flexibility index (Phi) is 3.60. The third kappa shape index (κ3) is 2.15. The number of benzene rings is 2. The first-order chi connectivity index (χ1) is 12.9. The average Bonchev–Trinajstić information content (AvgIpc) is 2.90. The number of alkyl halides is 4. The van der Waals surface area contributed by atoms with Crippen molar-refractivity contribution in [2.24, 2.45) is 0 Å². The standard InChI is InChI=1S/C18H10F5NO4/c19-8-3-7(6-24)4-9(5-8)28-11-2-1-10-12-13(11)15(25)16(26,27)14(12)18(22,23)17(10,20)21/h1-5,14-15,25-27H. The molecule has 0 radical (unpaired) electrons. The van der Waals surface area contributed by atoms with Crippen molar-refractivity contribution in [2.75, 3.05) is 0 Å². The summed E-state index contributed by atoms with van der Waals surface area (Å²) in [6.07, 6.45) is -2.38. The van der Waals surface area contributed by atoms with Gasteiger partial charge in [0.25, 0.3) is 0 Å². The Hall–Kier alpha value is -2.74. The van der Waals surface area contributed by atoms with Crippen molar-refractivity contribution >= 4 is 0 Å². The quantitative estimate of drug-likeness (QED) is 0.533. The van der Waals surface area contributed by atoms with Gasteiger partial charge < -0.3 is 20.1 Å². The van der Waals surface area contributed by atoms with Crippen LogP contribution in [0.15, 0.2) is 30.3 Å². The highest BCUT2D eigenvalue weighted by molar-refractivity contribution is 5.60. The summed E-state index contributed by atoms with van der Waals surface area (Å²) in [7, 11) is 0. The first-order valence-corrected chi connectivity index (χ1v) is 7.87. The predicted octanol–water partition coefficient (Wildman–Crippen LogP) is 3.04. The summed E-state index contributed by atoms with van der Waals surface area (Å²) in [4.78, 5) is 0. The summed E-state index contributed by atoms with van der Waals surface area (Å²) >= 11 is 0. The van der Waals surface area contributed by atoms with Gasteiger partial charge in [-0.2, -0.15) is 22.8 Å². The fourth-order valence-electron chi connectivity index (χ4n) is 3.78. The van der Waals surface area contributed by atoms with Crippen LogP contribution in [0.25, 0.3) is 0 Å². The molecule has 2 unspecified atom stereocenters. The Morgan fingerprint density at radius 3 is 2.36 bits per heavy atom. The molecule has 0 aliphatic heterocycles. The van der Waals surface area contributed by atoms with Crippen LogP contribution < -0.4 is 4.74 Å². The van der Waals surface area contributed by atoms with Crippen molar-refractivity contribution in [3.63, 3.8) is 0 Å². The lowest BCUT2D eigenvalue weighted by Gasteiger charge is -2.32. The van der Waals surface area contributed by atoms with Gasteiger partial charge in [0.1, 0.15) is 29.3 Å². The fourth-order valence-corrected chi connectivity index (χ4v) is 3.78. The fraction of sp³-hybridized carbons (Fsp3) is 0.278. The minimum absolute atomic E-state index is 0.136. The summed E-state index contributed by atoms with van der Waals surface area (Å²) in [6, 6.07) is 5.96. The van der Waals surface area contributed by atoms with Crippen molar-refractivity contribution < 1.29 is 42.0 Å². The molecule has 3 N–H and O–H groups in total. The van der Waals surface area contributed by atoms with Gasteiger partial charge in [0.2, 0.25) is 5.79 Å². The summed E-state index contributed by atoms with van der Waals surface area (Å²) in [5.74, 6) is -17.5. The smallest absolute Gasteiger partial charge is 0.336 e. The number of hydrogen-bond donors (Lipinski definition) is 3. The van der Waals surface area contributed by atoms with Crippen LogP contribution in [-0.2, 0) is 5.92 Å². The Labute approximate surface area is 153 Å². The highest BCUT2D eigenvalue weighted by atomic mass is 19.3. The van der Waals surface area contributed by atoms with Crippen molar-refractivity contribution in [3.05, 3.63) is 58.4 Å². The van der Waals surface area contributed by atoms with E-state index in [1.54, 1.807) is 6.07 Å². The van der Waals surface area contributed by atoms with Gasteiger partial charge in [0.15, 0.2) is 0 Å². The third-order valence-corrected chi connectivity index (χ3v) is 4.98. The summed E-state index contributed by atoms with van der Waals surface area (Å²) in [5.41, 5.74) is -2.79. The molecule has 0 aromatic heterocycles. The third-order valence-electron chi connectivity index (χ3n) is 4.98. The molecule has 28 heavy (non-hydrogen) atoms. The maximum Gasteiger partial charge on any atom is 0.336 e. The van der Waals surface area contributed by atoms with E-state index in [0.717, 1.165) is 24.3 Å². The lowest BCUT2D eigenvalue weighted by atomic mass is 9.94. The molecule has 146 valence electrons. The van der Waals surface area contributed by atoms with E-state index < -0.39 is 57.9 Å². The zero-order valence-corrected chi connectivity index (χ0v) is 13.6. The van der Waals surface area contributed by atoms with Gasteiger partial charge in [0, 0.05) is 17.2 Å². The van der Waals surface area contributed by atoms with Crippen molar-refractivity contribution in [3.8, 4) is 17.6 Å². The summed E-state index contributed by atoms with van der Waals surface area (Å²) in [6.45, 7) is 0. The molecule has 2 atom stereocenters. The molecular formula is C18H10F5NO4. The summed E-state index contributed by atoms with van der Waals surface area (Å²) in [5, 5.41) is 39.0. The van der Waals surface area contributed by atoms with Gasteiger partial charge in [-0.1, -0.05) is 0 Å². The zero-order chi connectivity index (χ0) is 20.6. The predicted molar refractivity (Wildman–Crippen MR) is 81.3 cm³/mol. The zero-order valence-electron chi connectivity index (χ0n) is 13.6. The highest BCUT2D eigenvalue weighted by Gasteiger charge is 2.77. The molecule has 0 fully saturated rings. The molecule has 0 bridgehead atoms. The Bertz CT molecular complexity index is 1050. The number of aliphatic hydroxyl groups excluding tert-OH is 1. The number of aliphatic hydroxyl groups is 3. The number of nitrogens with zero attached hydrogens (tertiary/aromatic N) is 1. The number of rotatable bonds is 2. The first-order valence-electron chi connectivity index (χ1n) is 7.87. The number of hydrogen-bond acceptors (Lipinski definition) is 5. The lowest BCUT2D eigenvalue weighted by molar-refractivity contribution is -0.300. The van der Waals surface area contributed by atoms with Crippen molar-refractivity contribution in [1.82, 2.24) is 0 Å². The molecule has 0 saturated carbocycles. The largest absolute Gasteiger partial charge is 0.457 e. The van der Waals surface area contributed by atoms with E-state index in [4.69, 9.17) is 10.00 Å². The van der Waals surface area contributed by atoms with Crippen LogP contribution in [0.2, 0.25) is 0 Å². The number of ether oxygens (including phenoxy) is 1. The Balaban J connectivity index is 1.91. The minimum Gasteiger partial charge on any atom is -0.457 e. The molecule has 2 aliphatic carbocycles. The monoisotopic (exact) mass is 399 g/mol. The Morgan fingerprint density at radius 1 is 1.04 bits per heavy atom. The highest BCUT2D eigenvalue weighted by Crippen LogP contribution is 2.68. The number of nitriles is 1. The average molecular weight is 399 g/mol. The molecule has 0 heterocycles. The topological polar surface area (TPSA) is 93.7 Å². The van der Waals surface area contributed by atoms with E-state index in [1.165, 1.54) is 0 Å². The minimum atomic E-state index is -4.88. The van der Waals surface area contributed by atoms with Gasteiger partial charge in [-0.25, -0.2) is 4.39 Å². The molecule has 4 rings (SSSR count). The van der Waals surface area contributed by atoms with Gasteiger partial charge in [-0.15, -0.1) is 0 Å². The van der Waals surface area contributed by atoms with Crippen molar-refractivity contribution in [2.45, 2.75) is 29.7 Å². The van der Waals surface area contributed by atoms with E-state index in [2.05, 4.69) is 0 Å². The van der Waals surface area contributed by atoms with Gasteiger partial charge in [-0.05, 0) is 29.8 Å². The van der Waals surface area contributed by atoms with Crippen LogP contribution in [0.1, 0.15) is 34.3 Å². The van der Waals surface area contributed by atoms with Crippen LogP contribution >= 0.6 is 0 Å². The lowest BCUT2D eigenvalue weighted by Crippen LogP contribution is -2.48. The maximum absolute atomic E-state index is 14.3. The van der Waals surface area contributed by atoms with E-state index in [-0.39, 0.29) is 11.3 Å². The first kappa shape index (κ1) is 18.6. The second-order valence-corrected chi connectivity index (χ2v) is 6.64. The molecule has 2 aromatic carbocycles. The SMILES string of the molecule is N#Cc1cc(F)cc(Oc2ccc3c4c2C(O)C(O)(O)C4C(F)(F)C3(F)F)c1. The van der Waals surface area contributed by atoms with E-state index >= 15 is 0 Å². The molecule has 0 spiro atoms. The van der Waals surface area contributed by atoms with Crippen LogP contribution in [0.4, 0.5) is 22.0 Å². The second kappa shape index (κ2) is 5.41. The number of halogens is 5. The second-order valence-electron chi connectivity index (χ2n) is 6.64. The molecule has 5 nitrogen and oxygen atoms in total. The van der Waals surface area contributed by atoms with Gasteiger partial charge in [0.05, 0.1) is 11.6 Å². The Morgan fingerprint density at radius 2 is 1.71 bits per heavy atom. The maximum atomic E-state index is 14.3. The van der Waals surface area contributed by atoms with E-state index in [9.17, 15) is 37.3 Å². The van der Waals surface area contributed by atoms with Gasteiger partial charge in [-0.3, -0.25) is 0 Å². The molecule has 0 saturated heterocycles. The molecule has 2 aliphatic rings. The van der Waals surface area contributed by atoms with Crippen LogP contribution in [-0.4, -0.2) is 27.0 Å². The van der Waals surface area contributed by atoms with E-state index in [1.807, 2.05) is 0 Å². The normalized spacial score (nSPS) is 25.2. The van der Waals surface area contributed by atoms with Crippen LogP contribution in [0.3, 0.4) is 0 Å². The van der Waals surface area contributed by atoms with Crippen molar-refractivity contribution in [1.29, 1.82) is 5.26 Å². The molecule has 10 heteroatoms.